The van der Waals surface area contributed by atoms with Crippen LogP contribution in [0, 0.1) is 10.1 Å². The molecule has 6 nitrogen and oxygen atoms in total. The van der Waals surface area contributed by atoms with Gasteiger partial charge in [-0.25, -0.2) is 0 Å². The van der Waals surface area contributed by atoms with Gasteiger partial charge >= 0.3 is 0 Å². The van der Waals surface area contributed by atoms with Crippen LogP contribution in [0.4, 0.5) is 5.69 Å². The van der Waals surface area contributed by atoms with Crippen molar-refractivity contribution < 1.29 is 14.5 Å². The van der Waals surface area contributed by atoms with E-state index in [-0.39, 0.29) is 17.5 Å². The van der Waals surface area contributed by atoms with Gasteiger partial charge in [-0.15, -0.1) is 0 Å². The molecule has 0 saturated carbocycles. The number of carbonyl (C=O) groups excluding carboxylic acids is 1. The maximum Gasteiger partial charge on any atom is 0.270 e. The lowest BCUT2D eigenvalue weighted by atomic mass is 9.98. The second-order valence-electron chi connectivity index (χ2n) is 5.82. The molecule has 0 aliphatic carbocycles. The van der Waals surface area contributed by atoms with Crippen molar-refractivity contribution in [2.24, 2.45) is 0 Å². The fourth-order valence-electron chi connectivity index (χ4n) is 3.03. The van der Waals surface area contributed by atoms with Gasteiger partial charge in [0, 0.05) is 36.7 Å². The van der Waals surface area contributed by atoms with Gasteiger partial charge in [0.05, 0.1) is 12.0 Å². The summed E-state index contributed by atoms with van der Waals surface area (Å²) in [5, 5.41) is 10.9. The highest BCUT2D eigenvalue weighted by atomic mass is 16.6. The van der Waals surface area contributed by atoms with Crippen molar-refractivity contribution >= 4 is 11.6 Å². The normalized spacial score (nSPS) is 16.9. The molecule has 3 rings (SSSR count). The van der Waals surface area contributed by atoms with E-state index >= 15 is 0 Å². The highest BCUT2D eigenvalue weighted by molar-refractivity contribution is 5.95. The van der Waals surface area contributed by atoms with Gasteiger partial charge in [0.1, 0.15) is 5.75 Å². The SMILES string of the molecule is COc1ccc(C2CCN(C(=O)c3cccc([N+](=O)[O-])c3)C2)cc1. The van der Waals surface area contributed by atoms with Crippen molar-refractivity contribution in [2.45, 2.75) is 12.3 Å². The lowest BCUT2D eigenvalue weighted by Gasteiger charge is -2.17. The molecule has 2 aromatic rings. The number of methoxy groups -OCH3 is 1. The van der Waals surface area contributed by atoms with Crippen LogP contribution in [-0.2, 0) is 0 Å². The van der Waals surface area contributed by atoms with E-state index < -0.39 is 4.92 Å². The lowest BCUT2D eigenvalue weighted by molar-refractivity contribution is -0.384. The second kappa shape index (κ2) is 6.70. The molecule has 0 aromatic heterocycles. The summed E-state index contributed by atoms with van der Waals surface area (Å²) in [5.41, 5.74) is 1.47. The first-order valence-electron chi connectivity index (χ1n) is 7.76. The maximum atomic E-state index is 12.6. The fraction of sp³-hybridized carbons (Fsp3) is 0.278. The highest BCUT2D eigenvalue weighted by Crippen LogP contribution is 2.29. The zero-order chi connectivity index (χ0) is 17.1. The molecule has 1 atom stereocenters. The first-order chi connectivity index (χ1) is 11.6. The average molecular weight is 326 g/mol. The van der Waals surface area contributed by atoms with Crippen LogP contribution in [0.2, 0.25) is 0 Å². The minimum absolute atomic E-state index is 0.0632. The maximum absolute atomic E-state index is 12.6. The number of hydrogen-bond acceptors (Lipinski definition) is 4. The molecule has 1 unspecified atom stereocenters. The molecule has 24 heavy (non-hydrogen) atoms. The minimum Gasteiger partial charge on any atom is -0.497 e. The molecule has 1 aliphatic rings. The van der Waals surface area contributed by atoms with Crippen molar-refractivity contribution in [2.75, 3.05) is 20.2 Å². The smallest absolute Gasteiger partial charge is 0.270 e. The van der Waals surface area contributed by atoms with E-state index in [2.05, 4.69) is 0 Å². The van der Waals surface area contributed by atoms with Crippen LogP contribution < -0.4 is 4.74 Å². The molecule has 6 heteroatoms. The molecule has 1 heterocycles. The van der Waals surface area contributed by atoms with Crippen molar-refractivity contribution in [1.82, 2.24) is 4.90 Å². The van der Waals surface area contributed by atoms with Gasteiger partial charge in [-0.2, -0.15) is 0 Å². The van der Waals surface area contributed by atoms with Gasteiger partial charge in [-0.1, -0.05) is 18.2 Å². The van der Waals surface area contributed by atoms with Gasteiger partial charge in [-0.05, 0) is 30.2 Å². The molecule has 1 amide bonds. The fourth-order valence-corrected chi connectivity index (χ4v) is 3.03. The summed E-state index contributed by atoms with van der Waals surface area (Å²) in [6.45, 7) is 1.27. The summed E-state index contributed by atoms with van der Waals surface area (Å²) in [5.74, 6) is 0.926. The van der Waals surface area contributed by atoms with E-state index in [1.807, 2.05) is 24.3 Å². The molecular formula is C18H18N2O4. The molecule has 1 saturated heterocycles. The number of nitrogens with zero attached hydrogens (tertiary/aromatic N) is 2. The Labute approximate surface area is 139 Å². The lowest BCUT2D eigenvalue weighted by Crippen LogP contribution is -2.28. The van der Waals surface area contributed by atoms with Crippen LogP contribution in [0.1, 0.15) is 28.3 Å². The summed E-state index contributed by atoms with van der Waals surface area (Å²) in [6, 6.07) is 13.8. The van der Waals surface area contributed by atoms with Crippen LogP contribution in [0.25, 0.3) is 0 Å². The van der Waals surface area contributed by atoms with Crippen LogP contribution in [0.15, 0.2) is 48.5 Å². The van der Waals surface area contributed by atoms with Gasteiger partial charge in [0.25, 0.3) is 11.6 Å². The number of hydrogen-bond donors (Lipinski definition) is 0. The summed E-state index contributed by atoms with van der Waals surface area (Å²) >= 11 is 0. The highest BCUT2D eigenvalue weighted by Gasteiger charge is 2.28. The zero-order valence-electron chi connectivity index (χ0n) is 13.3. The van der Waals surface area contributed by atoms with E-state index in [1.54, 1.807) is 24.1 Å². The molecular weight excluding hydrogens is 308 g/mol. The predicted octanol–water partition coefficient (Wildman–Crippen LogP) is 3.23. The number of nitro benzene ring substituents is 1. The van der Waals surface area contributed by atoms with E-state index in [0.717, 1.165) is 12.2 Å². The Kier molecular flexibility index (Phi) is 4.46. The minimum atomic E-state index is -0.485. The third-order valence-electron chi connectivity index (χ3n) is 4.37. The van der Waals surface area contributed by atoms with E-state index in [0.29, 0.717) is 18.7 Å². The van der Waals surface area contributed by atoms with Gasteiger partial charge in [0.15, 0.2) is 0 Å². The average Bonchev–Trinajstić information content (AvgIpc) is 3.11. The Bertz CT molecular complexity index is 758. The summed E-state index contributed by atoms with van der Waals surface area (Å²) in [6.07, 6.45) is 0.882. The van der Waals surface area contributed by atoms with Gasteiger partial charge < -0.3 is 9.64 Å². The number of amides is 1. The summed E-state index contributed by atoms with van der Waals surface area (Å²) in [7, 11) is 1.63. The quantitative estimate of drug-likeness (QED) is 0.639. The molecule has 0 N–H and O–H groups in total. The first kappa shape index (κ1) is 16.0. The van der Waals surface area contributed by atoms with Crippen LogP contribution in [0.3, 0.4) is 0 Å². The zero-order valence-corrected chi connectivity index (χ0v) is 13.3. The number of ether oxygens (including phenoxy) is 1. The molecule has 1 fully saturated rings. The van der Waals surface area contributed by atoms with Crippen molar-refractivity contribution in [3.05, 3.63) is 69.8 Å². The van der Waals surface area contributed by atoms with E-state index in [4.69, 9.17) is 4.74 Å². The Balaban J connectivity index is 1.71. The predicted molar refractivity (Wildman–Crippen MR) is 89.4 cm³/mol. The summed E-state index contributed by atoms with van der Waals surface area (Å²) < 4.78 is 5.16. The van der Waals surface area contributed by atoms with Crippen molar-refractivity contribution in [3.63, 3.8) is 0 Å². The Hall–Kier alpha value is -2.89. The number of benzene rings is 2. The standard InChI is InChI=1S/C18H18N2O4/c1-24-17-7-5-13(6-8-17)15-9-10-19(12-15)18(21)14-3-2-4-16(11-14)20(22)23/h2-8,11,15H,9-10,12H2,1H3. The largest absolute Gasteiger partial charge is 0.497 e. The molecule has 1 aliphatic heterocycles. The Morgan fingerprint density at radius 2 is 2.00 bits per heavy atom. The second-order valence-corrected chi connectivity index (χ2v) is 5.82. The van der Waals surface area contributed by atoms with E-state index in [1.165, 1.54) is 17.7 Å². The number of non-ortho nitro benzene ring substituents is 1. The third kappa shape index (κ3) is 3.22. The molecule has 124 valence electrons. The van der Waals surface area contributed by atoms with Crippen molar-refractivity contribution in [1.29, 1.82) is 0 Å². The monoisotopic (exact) mass is 326 g/mol. The Morgan fingerprint density at radius 1 is 1.25 bits per heavy atom. The number of nitro groups is 1. The van der Waals surface area contributed by atoms with Crippen LogP contribution >= 0.6 is 0 Å². The van der Waals surface area contributed by atoms with Crippen LogP contribution in [0.5, 0.6) is 5.75 Å². The molecule has 0 spiro atoms. The first-order valence-corrected chi connectivity index (χ1v) is 7.76. The number of carbonyl (C=O) groups is 1. The van der Waals surface area contributed by atoms with E-state index in [9.17, 15) is 14.9 Å². The van der Waals surface area contributed by atoms with Gasteiger partial charge in [0.2, 0.25) is 0 Å². The third-order valence-corrected chi connectivity index (χ3v) is 4.37. The summed E-state index contributed by atoms with van der Waals surface area (Å²) in [4.78, 5) is 24.7. The number of likely N-dealkylation sites (tertiary alicyclic amines) is 1. The molecule has 2 aromatic carbocycles. The topological polar surface area (TPSA) is 72.7 Å². The molecule has 0 bridgehead atoms. The van der Waals surface area contributed by atoms with Crippen molar-refractivity contribution in [3.8, 4) is 5.75 Å². The van der Waals surface area contributed by atoms with Gasteiger partial charge in [-0.3, -0.25) is 14.9 Å². The molecule has 0 radical (unpaired) electrons. The number of rotatable bonds is 4. The Morgan fingerprint density at radius 3 is 2.67 bits per heavy atom. The van der Waals surface area contributed by atoms with Crippen LogP contribution in [-0.4, -0.2) is 35.9 Å².